The number of rotatable bonds is 27. The monoisotopic (exact) mass is 1060 g/mol. The van der Waals surface area contributed by atoms with Gasteiger partial charge in [0.05, 0.1) is 39.1 Å². The van der Waals surface area contributed by atoms with Gasteiger partial charge in [-0.25, -0.2) is 0 Å². The van der Waals surface area contributed by atoms with Gasteiger partial charge in [-0.2, -0.15) is 0 Å². The molecule has 4 saturated heterocycles. The van der Waals surface area contributed by atoms with Gasteiger partial charge in [0.15, 0.2) is 25.2 Å². The maximum atomic E-state index is 12.7. The lowest BCUT2D eigenvalue weighted by atomic mass is 9.93. The van der Waals surface area contributed by atoms with Crippen molar-refractivity contribution in [1.29, 1.82) is 0 Å². The predicted molar refractivity (Wildman–Crippen MR) is 257 cm³/mol. The number of hydrogen-bond donors (Lipinski definition) is 13. The van der Waals surface area contributed by atoms with Gasteiger partial charge in [0.2, 0.25) is 17.7 Å². The van der Waals surface area contributed by atoms with Crippen LogP contribution in [0.3, 0.4) is 0 Å². The van der Waals surface area contributed by atoms with Gasteiger partial charge in [-0.1, -0.05) is 50.5 Å². The Kier molecular flexibility index (Phi) is 25.2. The third-order valence-corrected chi connectivity index (χ3v) is 13.2. The fourth-order valence-electron chi connectivity index (χ4n) is 9.45. The summed E-state index contributed by atoms with van der Waals surface area (Å²) < 4.78 is 53.5. The van der Waals surface area contributed by atoms with Crippen LogP contribution >= 0.6 is 0 Å². The highest BCUT2D eigenvalue weighted by molar-refractivity contribution is 5.74. The SMILES string of the molecule is CCCCCC/C=C\CCCOc1cccc(CNC2C(OC3C(CO)OC(OC4C(CO)OC(OC5C(COC)OC(O)C(NC(C)=O)C5O)C(NC(C)=O)C4O)C(NC(C)=O)C3O)OC(CO)C(O)C2O)c1. The zero-order chi connectivity index (χ0) is 54.1. The van der Waals surface area contributed by atoms with Crippen molar-refractivity contribution in [3.8, 4) is 5.75 Å². The molecule has 1 aromatic rings. The highest BCUT2D eigenvalue weighted by atomic mass is 16.8. The summed E-state index contributed by atoms with van der Waals surface area (Å²) in [5.74, 6) is -1.42. The first kappa shape index (κ1) is 61.3. The summed E-state index contributed by atoms with van der Waals surface area (Å²) in [4.78, 5) is 37.3. The molecule has 4 aliphatic heterocycles. The quantitative estimate of drug-likeness (QED) is 0.0305. The number of allylic oxidation sites excluding steroid dienone is 2. The summed E-state index contributed by atoms with van der Waals surface area (Å²) in [6, 6.07) is 1.46. The largest absolute Gasteiger partial charge is 0.494 e. The van der Waals surface area contributed by atoms with E-state index in [1.807, 2.05) is 12.1 Å². The van der Waals surface area contributed by atoms with Crippen LogP contribution in [0.15, 0.2) is 36.4 Å². The van der Waals surface area contributed by atoms with Crippen LogP contribution in [0.25, 0.3) is 0 Å². The van der Waals surface area contributed by atoms with Crippen molar-refractivity contribution >= 4 is 17.7 Å². The molecule has 4 heterocycles. The molecule has 0 aromatic heterocycles. The van der Waals surface area contributed by atoms with Crippen molar-refractivity contribution in [2.45, 2.75) is 202 Å². The lowest BCUT2D eigenvalue weighted by Crippen LogP contribution is -2.71. The number of aliphatic hydroxyl groups is 9. The van der Waals surface area contributed by atoms with Crippen LogP contribution in [-0.4, -0.2) is 226 Å². The minimum Gasteiger partial charge on any atom is -0.494 e. The molecule has 0 aliphatic carbocycles. The molecule has 0 spiro atoms. The first-order valence-electron chi connectivity index (χ1n) is 25.4. The van der Waals surface area contributed by atoms with Crippen LogP contribution in [0.2, 0.25) is 0 Å². The zero-order valence-electron chi connectivity index (χ0n) is 42.6. The van der Waals surface area contributed by atoms with E-state index in [9.17, 15) is 60.3 Å². The van der Waals surface area contributed by atoms with Gasteiger partial charge in [-0.05, 0) is 43.4 Å². The van der Waals surface area contributed by atoms with E-state index in [4.69, 9.17) is 42.6 Å². The first-order chi connectivity index (χ1) is 35.5. The lowest BCUT2D eigenvalue weighted by Gasteiger charge is -2.51. The van der Waals surface area contributed by atoms with Crippen molar-refractivity contribution < 1.29 is 103 Å². The van der Waals surface area contributed by atoms with Crippen molar-refractivity contribution in [1.82, 2.24) is 21.3 Å². The Morgan fingerprint density at radius 1 is 0.595 bits per heavy atom. The van der Waals surface area contributed by atoms with Gasteiger partial charge in [0, 0.05) is 34.4 Å². The molecule has 422 valence electrons. The standard InChI is InChI=1S/C49H80N4O21/c1-6-7-8-9-10-11-12-13-14-18-67-29-17-15-16-28(19-29)20-50-35-39(61)38(60)30(21-54)69-47(35)72-43-31(22-55)70-48(36(41(43)63)52-26(3)58)73-44-32(23-56)71-49(37(42(44)64)53-27(4)59)74-45-33(24-66-5)68-46(65)34(40(45)62)51-25(2)57/h11-12,15-17,19,30-50,54-56,60-65H,6-10,13-14,18,20-24H2,1-5H3,(H,51,57)(H,52,58)(H,53,59)/b12-11-. The number of nitrogens with one attached hydrogen (secondary N) is 4. The average Bonchev–Trinajstić information content (AvgIpc) is 3.36. The minimum absolute atomic E-state index is 0.0870. The molecule has 3 amide bonds. The number of hydrogen-bond acceptors (Lipinski definition) is 22. The molecular weight excluding hydrogens is 981 g/mol. The summed E-state index contributed by atoms with van der Waals surface area (Å²) in [6.07, 6.45) is -13.6. The number of amides is 3. The highest BCUT2D eigenvalue weighted by Crippen LogP contribution is 2.35. The number of benzene rings is 1. The summed E-state index contributed by atoms with van der Waals surface area (Å²) in [7, 11) is 1.31. The van der Waals surface area contributed by atoms with E-state index in [0.717, 1.165) is 45.6 Å². The van der Waals surface area contributed by atoms with E-state index in [1.54, 1.807) is 12.1 Å². The second-order valence-electron chi connectivity index (χ2n) is 19.0. The van der Waals surface area contributed by atoms with Gasteiger partial charge >= 0.3 is 0 Å². The Morgan fingerprint density at radius 2 is 1.09 bits per heavy atom. The molecule has 4 fully saturated rings. The van der Waals surface area contributed by atoms with Crippen molar-refractivity contribution in [3.05, 3.63) is 42.0 Å². The van der Waals surface area contributed by atoms with E-state index in [1.165, 1.54) is 32.8 Å². The smallest absolute Gasteiger partial charge is 0.217 e. The molecule has 5 rings (SSSR count). The van der Waals surface area contributed by atoms with Gasteiger partial charge in [0.25, 0.3) is 0 Å². The molecule has 0 saturated carbocycles. The number of ether oxygens (including phenoxy) is 9. The molecule has 0 bridgehead atoms. The Hall–Kier alpha value is -3.55. The van der Waals surface area contributed by atoms with E-state index < -0.39 is 160 Å². The van der Waals surface area contributed by atoms with Crippen molar-refractivity contribution in [2.24, 2.45) is 0 Å². The second-order valence-corrected chi connectivity index (χ2v) is 19.0. The maximum Gasteiger partial charge on any atom is 0.217 e. The van der Waals surface area contributed by atoms with E-state index >= 15 is 0 Å². The molecule has 74 heavy (non-hydrogen) atoms. The van der Waals surface area contributed by atoms with Gasteiger partial charge in [-0.3, -0.25) is 14.4 Å². The van der Waals surface area contributed by atoms with Gasteiger partial charge in [0.1, 0.15) is 97.1 Å². The molecule has 0 radical (unpaired) electrons. The maximum absolute atomic E-state index is 12.7. The third-order valence-electron chi connectivity index (χ3n) is 13.2. The summed E-state index contributed by atoms with van der Waals surface area (Å²) in [6.45, 7) is 3.41. The Balaban J connectivity index is 1.31. The number of carbonyl (C=O) groups excluding carboxylic acids is 3. The van der Waals surface area contributed by atoms with Gasteiger partial charge < -0.3 is 110 Å². The van der Waals surface area contributed by atoms with Crippen LogP contribution in [0.5, 0.6) is 5.75 Å². The molecular formula is C49H80N4O21. The highest BCUT2D eigenvalue weighted by Gasteiger charge is 2.56. The average molecular weight is 1060 g/mol. The van der Waals surface area contributed by atoms with E-state index in [-0.39, 0.29) is 13.2 Å². The van der Waals surface area contributed by atoms with E-state index in [2.05, 4.69) is 40.3 Å². The number of methoxy groups -OCH3 is 1. The Morgan fingerprint density at radius 3 is 1.62 bits per heavy atom. The molecule has 20 unspecified atom stereocenters. The van der Waals surface area contributed by atoms with Crippen molar-refractivity contribution in [2.75, 3.05) is 40.1 Å². The third kappa shape index (κ3) is 16.7. The molecule has 25 nitrogen and oxygen atoms in total. The molecule has 20 atom stereocenters. The predicted octanol–water partition coefficient (Wildman–Crippen LogP) is -3.18. The number of carbonyl (C=O) groups is 3. The second kappa shape index (κ2) is 30.4. The normalized spacial score (nSPS) is 36.6. The van der Waals surface area contributed by atoms with Crippen molar-refractivity contribution in [3.63, 3.8) is 0 Å². The first-order valence-corrected chi connectivity index (χ1v) is 25.4. The molecule has 13 N–H and O–H groups in total. The Bertz CT molecular complexity index is 1890. The van der Waals surface area contributed by atoms with Gasteiger partial charge in [-0.15, -0.1) is 0 Å². The topological polar surface area (TPSA) is 364 Å². The lowest BCUT2D eigenvalue weighted by molar-refractivity contribution is -0.362. The Labute approximate surface area is 430 Å². The van der Waals surface area contributed by atoms with Crippen LogP contribution < -0.4 is 26.0 Å². The fraction of sp³-hybridized carbons (Fsp3) is 0.776. The fourth-order valence-corrected chi connectivity index (χ4v) is 9.45. The molecule has 4 aliphatic rings. The van der Waals surface area contributed by atoms with Crippen LogP contribution in [-0.2, 0) is 58.8 Å². The summed E-state index contributed by atoms with van der Waals surface area (Å²) >= 11 is 0. The zero-order valence-corrected chi connectivity index (χ0v) is 42.6. The molecule has 1 aromatic carbocycles. The van der Waals surface area contributed by atoms with Crippen LogP contribution in [0.1, 0.15) is 78.2 Å². The number of aliphatic hydroxyl groups excluding tert-OH is 9. The van der Waals surface area contributed by atoms with Crippen LogP contribution in [0.4, 0.5) is 0 Å². The summed E-state index contributed by atoms with van der Waals surface area (Å²) in [5.41, 5.74) is 0.721. The summed E-state index contributed by atoms with van der Waals surface area (Å²) in [5, 5.41) is 110. The van der Waals surface area contributed by atoms with Crippen LogP contribution in [0, 0.1) is 0 Å². The number of unbranched alkanes of at least 4 members (excludes halogenated alkanes) is 5. The minimum atomic E-state index is -1.86. The van der Waals surface area contributed by atoms with E-state index in [0.29, 0.717) is 12.4 Å². The molecule has 25 heteroatoms.